The summed E-state index contributed by atoms with van der Waals surface area (Å²) >= 11 is 3.77. The van der Waals surface area contributed by atoms with Crippen molar-refractivity contribution < 1.29 is 8.83 Å². The van der Waals surface area contributed by atoms with E-state index in [1.807, 2.05) is 41.7 Å². The molecule has 4 nitrogen and oxygen atoms in total. The van der Waals surface area contributed by atoms with Crippen LogP contribution in [0.4, 0.5) is 22.7 Å². The van der Waals surface area contributed by atoms with Crippen LogP contribution >= 0.6 is 23.5 Å². The molecular weight excluding hydrogens is 713 g/mol. The van der Waals surface area contributed by atoms with Crippen molar-refractivity contribution in [3.8, 4) is 0 Å². The molecule has 55 heavy (non-hydrogen) atoms. The number of rotatable bonds is 3. The van der Waals surface area contributed by atoms with Crippen LogP contribution in [0.5, 0.6) is 0 Å². The lowest BCUT2D eigenvalue weighted by molar-refractivity contribution is 0.664. The zero-order chi connectivity index (χ0) is 36.4. The van der Waals surface area contributed by atoms with Gasteiger partial charge in [-0.1, -0.05) is 134 Å². The highest BCUT2D eigenvalue weighted by molar-refractivity contribution is 8.21. The summed E-state index contributed by atoms with van der Waals surface area (Å²) in [5.74, 6) is 0. The number of thioether (sulfide) groups is 2. The van der Waals surface area contributed by atoms with Crippen molar-refractivity contribution in [2.75, 3.05) is 9.80 Å². The summed E-state index contributed by atoms with van der Waals surface area (Å²) in [5.41, 5.74) is 10.3. The third kappa shape index (κ3) is 4.21. The molecule has 0 saturated heterocycles. The lowest BCUT2D eigenvalue weighted by atomic mass is 9.89. The molecule has 0 bridgehead atoms. The van der Waals surface area contributed by atoms with Gasteiger partial charge in [0.05, 0.1) is 22.7 Å². The molecule has 0 radical (unpaired) electrons. The van der Waals surface area contributed by atoms with Crippen molar-refractivity contribution in [3.05, 3.63) is 162 Å². The first kappa shape index (κ1) is 31.3. The van der Waals surface area contributed by atoms with Gasteiger partial charge in [-0.05, 0) is 93.7 Å². The topological polar surface area (TPSA) is 32.8 Å². The average Bonchev–Trinajstić information content (AvgIpc) is 3.97. The van der Waals surface area contributed by atoms with Crippen LogP contribution in [0.1, 0.15) is 17.5 Å². The second-order valence-electron chi connectivity index (χ2n) is 14.4. The van der Waals surface area contributed by atoms with Crippen LogP contribution in [0.2, 0.25) is 0 Å². The number of anilines is 4. The minimum absolute atomic E-state index is 0.741. The highest BCUT2D eigenvalue weighted by Gasteiger charge is 2.57. The number of hydrogen-bond acceptors (Lipinski definition) is 6. The Morgan fingerprint density at radius 2 is 1.13 bits per heavy atom. The summed E-state index contributed by atoms with van der Waals surface area (Å²) < 4.78 is 12.9. The molecule has 12 rings (SSSR count). The van der Waals surface area contributed by atoms with E-state index in [-0.39, 0.29) is 0 Å². The number of benzene rings is 7. The quantitative estimate of drug-likeness (QED) is 0.179. The van der Waals surface area contributed by atoms with Gasteiger partial charge in [-0.2, -0.15) is 0 Å². The number of fused-ring (bicyclic) bond motifs is 11. The van der Waals surface area contributed by atoms with E-state index in [1.165, 1.54) is 31.7 Å². The van der Waals surface area contributed by atoms with Gasteiger partial charge in [0.1, 0.15) is 11.2 Å². The summed E-state index contributed by atoms with van der Waals surface area (Å²) in [7, 11) is 0. The van der Waals surface area contributed by atoms with Crippen molar-refractivity contribution in [3.63, 3.8) is 0 Å². The van der Waals surface area contributed by atoms with Crippen LogP contribution < -0.4 is 20.2 Å². The molecular formula is C49H32N2O2S2. The van der Waals surface area contributed by atoms with Crippen molar-refractivity contribution >= 4 is 120 Å². The number of para-hydroxylation sites is 6. The molecule has 262 valence electrons. The summed E-state index contributed by atoms with van der Waals surface area (Å²) in [6.07, 6.45) is 10.6. The fourth-order valence-electron chi connectivity index (χ4n) is 9.15. The molecule has 1 spiro atoms. The molecule has 3 aliphatic rings. The molecule has 0 saturated carbocycles. The van der Waals surface area contributed by atoms with E-state index in [1.54, 1.807) is 0 Å². The minimum Gasteiger partial charge on any atom is -0.454 e. The summed E-state index contributed by atoms with van der Waals surface area (Å²) in [4.78, 5) is 7.46. The van der Waals surface area contributed by atoms with Crippen LogP contribution in [0.3, 0.4) is 0 Å². The van der Waals surface area contributed by atoms with Gasteiger partial charge in [-0.3, -0.25) is 9.80 Å². The molecule has 0 N–H and O–H groups in total. The summed E-state index contributed by atoms with van der Waals surface area (Å²) in [5, 5.41) is 9.12. The molecule has 6 heteroatoms. The van der Waals surface area contributed by atoms with Crippen molar-refractivity contribution in [2.45, 2.75) is 27.0 Å². The molecule has 4 heterocycles. The van der Waals surface area contributed by atoms with E-state index in [9.17, 15) is 0 Å². The van der Waals surface area contributed by atoms with E-state index in [2.05, 4.69) is 150 Å². The van der Waals surface area contributed by atoms with Gasteiger partial charge in [-0.15, -0.1) is 0 Å². The smallest absolute Gasteiger partial charge is 0.229 e. The predicted molar refractivity (Wildman–Crippen MR) is 233 cm³/mol. The van der Waals surface area contributed by atoms with Crippen molar-refractivity contribution in [1.82, 2.24) is 0 Å². The second-order valence-corrected chi connectivity index (χ2v) is 17.1. The Morgan fingerprint density at radius 1 is 0.600 bits per heavy atom. The third-order valence-electron chi connectivity index (χ3n) is 11.5. The monoisotopic (exact) mass is 744 g/mol. The zero-order valence-corrected chi connectivity index (χ0v) is 31.3. The van der Waals surface area contributed by atoms with Gasteiger partial charge in [0.2, 0.25) is 4.33 Å². The number of nitrogens with zero attached hydrogens (tertiary/aromatic N) is 2. The Balaban J connectivity index is 1.18. The number of allylic oxidation sites excluding steroid dienone is 2. The first-order valence-electron chi connectivity index (χ1n) is 18.6. The minimum atomic E-state index is -0.741. The van der Waals surface area contributed by atoms with Crippen LogP contribution in [0.25, 0.3) is 73.4 Å². The van der Waals surface area contributed by atoms with Gasteiger partial charge < -0.3 is 8.83 Å². The van der Waals surface area contributed by atoms with E-state index < -0.39 is 4.33 Å². The summed E-state index contributed by atoms with van der Waals surface area (Å²) in [6.45, 7) is 8.73. The van der Waals surface area contributed by atoms with Crippen molar-refractivity contribution in [2.24, 2.45) is 0 Å². The predicted octanol–water partition coefficient (Wildman–Crippen LogP) is 12.8. The molecule has 0 unspecified atom stereocenters. The first-order chi connectivity index (χ1) is 27.1. The van der Waals surface area contributed by atoms with Gasteiger partial charge in [-0.25, -0.2) is 0 Å². The van der Waals surface area contributed by atoms with E-state index >= 15 is 0 Å². The highest BCUT2D eigenvalue weighted by Crippen LogP contribution is 2.69. The first-order valence-corrected chi connectivity index (χ1v) is 20.3. The maximum atomic E-state index is 6.80. The zero-order valence-electron chi connectivity index (χ0n) is 29.7. The van der Waals surface area contributed by atoms with Gasteiger partial charge in [0.15, 0.2) is 11.2 Å². The second kappa shape index (κ2) is 11.5. The average molecular weight is 745 g/mol. The Morgan fingerprint density at radius 3 is 1.73 bits per heavy atom. The lowest BCUT2D eigenvalue weighted by Gasteiger charge is -2.41. The molecule has 2 aliphatic heterocycles. The number of furan rings is 2. The Kier molecular flexibility index (Phi) is 6.52. The molecule has 0 atom stereocenters. The number of hydrogen-bond donors (Lipinski definition) is 0. The maximum absolute atomic E-state index is 6.80. The summed E-state index contributed by atoms with van der Waals surface area (Å²) in [6, 6.07) is 43.4. The Labute approximate surface area is 325 Å². The Hall–Kier alpha value is -6.08. The highest BCUT2D eigenvalue weighted by atomic mass is 32.2. The molecule has 0 fully saturated rings. The van der Waals surface area contributed by atoms with Crippen molar-refractivity contribution in [1.29, 1.82) is 0 Å². The molecule has 1 aliphatic carbocycles. The van der Waals surface area contributed by atoms with Gasteiger partial charge >= 0.3 is 0 Å². The molecule has 0 amide bonds. The third-order valence-corrected chi connectivity index (χ3v) is 14.5. The molecule has 9 aromatic rings. The van der Waals surface area contributed by atoms with E-state index in [4.69, 9.17) is 8.83 Å². The normalized spacial score (nSPS) is 16.0. The van der Waals surface area contributed by atoms with Crippen LogP contribution in [0.15, 0.2) is 159 Å². The van der Waals surface area contributed by atoms with Crippen LogP contribution in [-0.2, 0) is 6.42 Å². The maximum Gasteiger partial charge on any atom is 0.229 e. The van der Waals surface area contributed by atoms with E-state index in [0.717, 1.165) is 89.9 Å². The molecule has 2 aromatic heterocycles. The van der Waals surface area contributed by atoms with Gasteiger partial charge in [0, 0.05) is 31.3 Å². The lowest BCUT2D eigenvalue weighted by Crippen LogP contribution is -2.46. The van der Waals surface area contributed by atoms with E-state index in [0.29, 0.717) is 0 Å². The largest absolute Gasteiger partial charge is 0.454 e. The molecule has 7 aromatic carbocycles. The van der Waals surface area contributed by atoms with Gasteiger partial charge in [0.25, 0.3) is 0 Å². The Bertz CT molecular complexity index is 3160. The SMILES string of the molecule is C=C/C=c1\c(=C)c2c(c3cc4c(cc13)SC1(S4)N(c3cccc4c3oc3ccccc34)c3ccccc3N1c1cccc3c1oc1ccccc13)C=CCC2. The standard InChI is InChI=1S/C49H32N2O2S2/c1-3-14-30-29(2)31-15-4-5-16-32(31)38-28-46-45(27-37(30)38)54-49(55-46)50(41-23-12-19-35-33-17-6-10-25-43(33)52-47(35)41)39-21-8-9-22-40(39)51(49)42-24-13-20-36-34-18-7-11-26-44(34)53-48(36)42/h3,5-14,16-28H,1-2,4,15H2/b30-14+. The van der Waals surface area contributed by atoms with Crippen LogP contribution in [-0.4, -0.2) is 4.33 Å². The fourth-order valence-corrected chi connectivity index (χ4v) is 12.5. The van der Waals surface area contributed by atoms with Crippen LogP contribution in [0, 0.1) is 0 Å². The fraction of sp³-hybridized carbons (Fsp3) is 0.0612.